The van der Waals surface area contributed by atoms with Gasteiger partial charge in [-0.2, -0.15) is 4.99 Å². The van der Waals surface area contributed by atoms with Crippen LogP contribution in [0.1, 0.15) is 65.2 Å². The van der Waals surface area contributed by atoms with Gasteiger partial charge in [0.1, 0.15) is 5.84 Å². The van der Waals surface area contributed by atoms with Crippen LogP contribution in [-0.4, -0.2) is 72.0 Å². The molecule has 1 saturated heterocycles. The van der Waals surface area contributed by atoms with E-state index in [2.05, 4.69) is 39.2 Å². The summed E-state index contributed by atoms with van der Waals surface area (Å²) >= 11 is 0. The van der Waals surface area contributed by atoms with E-state index in [9.17, 15) is 0 Å². The minimum atomic E-state index is 0.310. The highest BCUT2D eigenvalue weighted by molar-refractivity contribution is 5.93. The summed E-state index contributed by atoms with van der Waals surface area (Å²) in [5.74, 6) is 2.11. The number of hydrogen-bond donors (Lipinski definition) is 2. The molecule has 2 N–H and O–H groups in total. The molecule has 1 aliphatic heterocycles. The molecule has 3 rings (SSSR count). The highest BCUT2D eigenvalue weighted by Gasteiger charge is 2.29. The number of amidine groups is 1. The van der Waals surface area contributed by atoms with Crippen molar-refractivity contribution in [1.82, 2.24) is 20.2 Å². The Hall–Kier alpha value is -1.14. The summed E-state index contributed by atoms with van der Waals surface area (Å²) in [5.41, 5.74) is 0. The Morgan fingerprint density at radius 1 is 1.15 bits per heavy atom. The number of hydrazine groups is 1. The summed E-state index contributed by atoms with van der Waals surface area (Å²) < 4.78 is 0. The molecule has 1 atom stereocenters. The standard InChI is InChI=1S/C20H38N6/c1-15(14-17-6-7-17)24(3)25(4)16(2)22-20(21)23-18-8-10-19(11-9-18)26-12-5-13-26/h15,17-19H,5-14H2,1-4H3,(H2,21,23)/b22-16+/t15?,18-,19-. The summed E-state index contributed by atoms with van der Waals surface area (Å²) in [6.45, 7) is 6.86. The van der Waals surface area contributed by atoms with E-state index in [1.807, 2.05) is 14.0 Å². The van der Waals surface area contributed by atoms with Crippen LogP contribution in [0, 0.1) is 11.3 Å². The average Bonchev–Trinajstić information content (AvgIpc) is 3.37. The van der Waals surface area contributed by atoms with Crippen LogP contribution in [0.15, 0.2) is 4.99 Å². The van der Waals surface area contributed by atoms with Crippen LogP contribution in [0.2, 0.25) is 0 Å². The van der Waals surface area contributed by atoms with Gasteiger partial charge >= 0.3 is 0 Å². The highest BCUT2D eigenvalue weighted by atomic mass is 15.6. The molecule has 1 unspecified atom stereocenters. The molecule has 0 aromatic heterocycles. The first-order valence-corrected chi connectivity index (χ1v) is 10.5. The van der Waals surface area contributed by atoms with Gasteiger partial charge in [-0.3, -0.25) is 10.4 Å². The van der Waals surface area contributed by atoms with E-state index in [1.165, 1.54) is 51.6 Å². The third kappa shape index (κ3) is 5.19. The monoisotopic (exact) mass is 362 g/mol. The van der Waals surface area contributed by atoms with Gasteiger partial charge in [0.2, 0.25) is 5.96 Å². The third-order valence-electron chi connectivity index (χ3n) is 6.67. The number of nitrogens with zero attached hydrogens (tertiary/aromatic N) is 4. The largest absolute Gasteiger partial charge is 0.352 e. The van der Waals surface area contributed by atoms with Crippen LogP contribution in [-0.2, 0) is 0 Å². The molecule has 0 spiro atoms. The predicted octanol–water partition coefficient (Wildman–Crippen LogP) is 2.91. The Bertz CT molecular complexity index is 502. The zero-order valence-corrected chi connectivity index (χ0v) is 17.2. The second-order valence-electron chi connectivity index (χ2n) is 8.67. The van der Waals surface area contributed by atoms with Crippen LogP contribution in [0.3, 0.4) is 0 Å². The van der Waals surface area contributed by atoms with Crippen molar-refractivity contribution in [2.75, 3.05) is 27.2 Å². The Labute approximate surface area is 159 Å². The second kappa shape index (κ2) is 8.70. The number of aliphatic imine (C=N–C) groups is 1. The fraction of sp³-hybridized carbons (Fsp3) is 0.900. The quantitative estimate of drug-likeness (QED) is 0.433. The van der Waals surface area contributed by atoms with Gasteiger partial charge in [0, 0.05) is 32.2 Å². The predicted molar refractivity (Wildman–Crippen MR) is 109 cm³/mol. The molecule has 2 saturated carbocycles. The Balaban J connectivity index is 1.41. The topological polar surface area (TPSA) is 58.0 Å². The lowest BCUT2D eigenvalue weighted by Crippen LogP contribution is -2.49. The van der Waals surface area contributed by atoms with E-state index >= 15 is 0 Å². The summed E-state index contributed by atoms with van der Waals surface area (Å²) in [5, 5.41) is 15.9. The first-order valence-electron chi connectivity index (χ1n) is 10.5. The number of guanidine groups is 1. The van der Waals surface area contributed by atoms with Gasteiger partial charge < -0.3 is 10.2 Å². The normalized spacial score (nSPS) is 28.6. The molecule has 0 amide bonds. The van der Waals surface area contributed by atoms with Crippen molar-refractivity contribution < 1.29 is 0 Å². The summed E-state index contributed by atoms with van der Waals surface area (Å²) in [6, 6.07) is 1.71. The minimum Gasteiger partial charge on any atom is -0.352 e. The van der Waals surface area contributed by atoms with Crippen molar-refractivity contribution >= 4 is 11.8 Å². The molecule has 1 heterocycles. The minimum absolute atomic E-state index is 0.310. The van der Waals surface area contributed by atoms with Gasteiger partial charge in [-0.15, -0.1) is 0 Å². The molecule has 0 aromatic carbocycles. The van der Waals surface area contributed by atoms with E-state index in [0.29, 0.717) is 18.0 Å². The summed E-state index contributed by atoms with van der Waals surface area (Å²) in [7, 11) is 4.17. The van der Waals surface area contributed by atoms with Gasteiger partial charge in [0.25, 0.3) is 0 Å². The molecule has 0 bridgehead atoms. The van der Waals surface area contributed by atoms with Crippen molar-refractivity contribution in [3.63, 3.8) is 0 Å². The van der Waals surface area contributed by atoms with Crippen LogP contribution in [0.5, 0.6) is 0 Å². The lowest BCUT2D eigenvalue weighted by Gasteiger charge is -2.42. The number of nitrogens with one attached hydrogen (secondary N) is 2. The average molecular weight is 363 g/mol. The van der Waals surface area contributed by atoms with E-state index in [-0.39, 0.29) is 0 Å². The zero-order valence-electron chi connectivity index (χ0n) is 17.2. The van der Waals surface area contributed by atoms with Crippen molar-refractivity contribution in [2.45, 2.75) is 83.3 Å². The molecule has 2 aliphatic carbocycles. The van der Waals surface area contributed by atoms with Crippen LogP contribution in [0.4, 0.5) is 0 Å². The second-order valence-corrected chi connectivity index (χ2v) is 8.67. The lowest BCUT2D eigenvalue weighted by atomic mass is 9.89. The van der Waals surface area contributed by atoms with E-state index in [4.69, 9.17) is 5.41 Å². The summed E-state index contributed by atoms with van der Waals surface area (Å²) in [4.78, 5) is 7.14. The molecule has 0 aromatic rings. The van der Waals surface area contributed by atoms with Crippen molar-refractivity contribution in [3.05, 3.63) is 0 Å². The van der Waals surface area contributed by atoms with Gasteiger partial charge in [-0.1, -0.05) is 12.8 Å². The molecule has 3 fully saturated rings. The van der Waals surface area contributed by atoms with Crippen LogP contribution >= 0.6 is 0 Å². The Morgan fingerprint density at radius 3 is 2.35 bits per heavy atom. The number of hydrogen-bond acceptors (Lipinski definition) is 3. The SMILES string of the molecule is C/C(=N\C(=N)N[C@H]1CC[C@H](N2CCC2)CC1)N(C)N(C)C(C)CC1CC1. The Kier molecular flexibility index (Phi) is 6.56. The lowest BCUT2D eigenvalue weighted by molar-refractivity contribution is 0.0528. The fourth-order valence-electron chi connectivity index (χ4n) is 4.26. The van der Waals surface area contributed by atoms with E-state index < -0.39 is 0 Å². The van der Waals surface area contributed by atoms with Crippen molar-refractivity contribution in [3.8, 4) is 0 Å². The molecule has 0 radical (unpaired) electrons. The fourth-order valence-corrected chi connectivity index (χ4v) is 4.26. The molecule has 148 valence electrons. The van der Waals surface area contributed by atoms with Crippen LogP contribution in [0.25, 0.3) is 0 Å². The van der Waals surface area contributed by atoms with Gasteiger partial charge in [-0.05, 0) is 71.4 Å². The van der Waals surface area contributed by atoms with E-state index in [0.717, 1.165) is 30.6 Å². The van der Waals surface area contributed by atoms with Crippen molar-refractivity contribution in [2.24, 2.45) is 10.9 Å². The molecule has 3 aliphatic rings. The summed E-state index contributed by atoms with van der Waals surface area (Å²) in [6.07, 6.45) is 10.2. The number of rotatable bonds is 6. The van der Waals surface area contributed by atoms with E-state index in [1.54, 1.807) is 0 Å². The first-order chi connectivity index (χ1) is 12.4. The third-order valence-corrected chi connectivity index (χ3v) is 6.67. The maximum atomic E-state index is 8.25. The molecule has 26 heavy (non-hydrogen) atoms. The van der Waals surface area contributed by atoms with Gasteiger partial charge in [-0.25, -0.2) is 5.01 Å². The molecule has 6 heteroatoms. The van der Waals surface area contributed by atoms with Crippen molar-refractivity contribution in [1.29, 1.82) is 5.41 Å². The Morgan fingerprint density at radius 2 is 1.81 bits per heavy atom. The van der Waals surface area contributed by atoms with Gasteiger partial charge in [0.15, 0.2) is 0 Å². The highest BCUT2D eigenvalue weighted by Crippen LogP contribution is 2.34. The first kappa shape index (κ1) is 19.6. The smallest absolute Gasteiger partial charge is 0.217 e. The molecule has 6 nitrogen and oxygen atoms in total. The molecular formula is C20H38N6. The van der Waals surface area contributed by atoms with Crippen LogP contribution < -0.4 is 5.32 Å². The molecular weight excluding hydrogens is 324 g/mol. The maximum absolute atomic E-state index is 8.25. The number of likely N-dealkylation sites (tertiary alicyclic amines) is 1. The zero-order chi connectivity index (χ0) is 18.7. The van der Waals surface area contributed by atoms with Gasteiger partial charge in [0.05, 0.1) is 0 Å². The maximum Gasteiger partial charge on any atom is 0.217 e.